The molecule has 1 heterocycles. The summed E-state index contributed by atoms with van der Waals surface area (Å²) < 4.78 is 10.9. The Kier molecular flexibility index (Phi) is 6.34. The number of nitrogens with zero attached hydrogens (tertiary/aromatic N) is 1. The molecule has 0 spiro atoms. The Labute approximate surface area is 202 Å². The number of fused-ring (bicyclic) bond motifs is 3. The first kappa shape index (κ1) is 24.0. The predicted octanol–water partition coefficient (Wildman–Crippen LogP) is 3.66. The number of H-pyrrole nitrogens is 1. The highest BCUT2D eigenvalue weighted by Crippen LogP contribution is 2.44. The summed E-state index contributed by atoms with van der Waals surface area (Å²) in [6, 6.07) is 15.6. The SMILES string of the molecule is CC(C)(C)OC(=O)N[C@@](Cc1c[nH]cn1)(C(=O)O)C(=O)OCC1c2ccccc2-c2ccccc21. The van der Waals surface area contributed by atoms with Crippen LogP contribution < -0.4 is 5.32 Å². The molecule has 9 heteroatoms. The fraction of sp³-hybridized carbons (Fsp3) is 0.308. The zero-order valence-corrected chi connectivity index (χ0v) is 19.7. The summed E-state index contributed by atoms with van der Waals surface area (Å²) in [6.07, 6.45) is 1.32. The maximum atomic E-state index is 13.4. The number of carbonyl (C=O) groups is 3. The number of rotatable bonds is 7. The molecule has 1 atom stereocenters. The molecular formula is C26H27N3O6. The molecule has 0 radical (unpaired) electrons. The summed E-state index contributed by atoms with van der Waals surface area (Å²) in [6.45, 7) is 4.81. The van der Waals surface area contributed by atoms with E-state index in [0.29, 0.717) is 0 Å². The summed E-state index contributed by atoms with van der Waals surface area (Å²) >= 11 is 0. The van der Waals surface area contributed by atoms with Crippen LogP contribution in [0.1, 0.15) is 43.5 Å². The normalized spacial score (nSPS) is 14.4. The van der Waals surface area contributed by atoms with Crippen molar-refractivity contribution >= 4 is 18.0 Å². The fourth-order valence-corrected chi connectivity index (χ4v) is 4.24. The number of hydrogen-bond donors (Lipinski definition) is 3. The molecule has 2 aromatic carbocycles. The Hall–Kier alpha value is -4.14. The first-order valence-electron chi connectivity index (χ1n) is 11.2. The number of imidazole rings is 1. The maximum Gasteiger partial charge on any atom is 0.409 e. The molecule has 0 unspecified atom stereocenters. The quantitative estimate of drug-likeness (QED) is 0.350. The number of carboxylic acids is 1. The van der Waals surface area contributed by atoms with Gasteiger partial charge in [0.25, 0.3) is 0 Å². The van der Waals surface area contributed by atoms with Gasteiger partial charge in [-0.3, -0.25) is 5.32 Å². The monoisotopic (exact) mass is 477 g/mol. The largest absolute Gasteiger partial charge is 0.479 e. The number of esters is 1. The molecule has 1 aromatic heterocycles. The second-order valence-corrected chi connectivity index (χ2v) is 9.40. The lowest BCUT2D eigenvalue weighted by atomic mass is 9.93. The van der Waals surface area contributed by atoms with Crippen LogP contribution in [0.5, 0.6) is 0 Å². The molecule has 0 saturated heterocycles. The molecule has 0 bridgehead atoms. The summed E-state index contributed by atoms with van der Waals surface area (Å²) in [4.78, 5) is 45.2. The van der Waals surface area contributed by atoms with Gasteiger partial charge in [0, 0.05) is 18.5 Å². The van der Waals surface area contributed by atoms with Crippen LogP contribution in [0.3, 0.4) is 0 Å². The van der Waals surface area contributed by atoms with E-state index in [2.05, 4.69) is 15.3 Å². The smallest absolute Gasteiger partial charge is 0.409 e. The molecule has 0 fully saturated rings. The minimum atomic E-state index is -2.44. The maximum absolute atomic E-state index is 13.4. The molecule has 3 aromatic rings. The standard InChI is InChI=1S/C26H27N3O6/c1-25(2,3)35-24(33)29-26(22(30)31,12-16-13-27-15-28-16)23(32)34-14-21-19-10-6-4-8-17(19)18-9-5-7-11-20(18)21/h4-11,13,15,21H,12,14H2,1-3H3,(H,27,28)(H,29,33)(H,30,31)/t26-/m0/s1. The third-order valence-corrected chi connectivity index (χ3v) is 5.77. The van der Waals surface area contributed by atoms with E-state index >= 15 is 0 Å². The first-order valence-corrected chi connectivity index (χ1v) is 11.2. The summed E-state index contributed by atoms with van der Waals surface area (Å²) in [5.41, 5.74) is 0.965. The number of aliphatic carboxylic acids is 1. The zero-order chi connectivity index (χ0) is 25.2. The highest BCUT2D eigenvalue weighted by molar-refractivity contribution is 6.06. The topological polar surface area (TPSA) is 131 Å². The van der Waals surface area contributed by atoms with Gasteiger partial charge < -0.3 is 19.6 Å². The molecule has 35 heavy (non-hydrogen) atoms. The van der Waals surface area contributed by atoms with Gasteiger partial charge in [0.05, 0.1) is 12.0 Å². The van der Waals surface area contributed by atoms with Crippen LogP contribution >= 0.6 is 0 Å². The van der Waals surface area contributed by atoms with Crippen LogP contribution in [0.2, 0.25) is 0 Å². The molecule has 4 rings (SSSR count). The summed E-state index contributed by atoms with van der Waals surface area (Å²) in [5.74, 6) is -2.96. The van der Waals surface area contributed by atoms with Crippen molar-refractivity contribution < 1.29 is 29.0 Å². The number of hydrogen-bond acceptors (Lipinski definition) is 6. The summed E-state index contributed by atoms with van der Waals surface area (Å²) in [7, 11) is 0. The zero-order valence-electron chi connectivity index (χ0n) is 19.7. The van der Waals surface area contributed by atoms with Crippen molar-refractivity contribution in [3.8, 4) is 11.1 Å². The van der Waals surface area contributed by atoms with Crippen molar-refractivity contribution in [3.05, 3.63) is 77.9 Å². The fourth-order valence-electron chi connectivity index (χ4n) is 4.24. The molecular weight excluding hydrogens is 450 g/mol. The van der Waals surface area contributed by atoms with Crippen LogP contribution in [-0.2, 0) is 25.5 Å². The minimum Gasteiger partial charge on any atom is -0.479 e. The molecule has 182 valence electrons. The lowest BCUT2D eigenvalue weighted by Crippen LogP contribution is -2.63. The highest BCUT2D eigenvalue weighted by atomic mass is 16.6. The van der Waals surface area contributed by atoms with Crippen molar-refractivity contribution in [3.63, 3.8) is 0 Å². The Morgan fingerprint density at radius 2 is 1.63 bits per heavy atom. The average Bonchev–Trinajstić information content (AvgIpc) is 3.41. The number of aromatic amines is 1. The number of ether oxygens (including phenoxy) is 2. The van der Waals surface area contributed by atoms with E-state index in [9.17, 15) is 19.5 Å². The van der Waals surface area contributed by atoms with Crippen LogP contribution in [0, 0.1) is 0 Å². The van der Waals surface area contributed by atoms with Gasteiger partial charge in [0.2, 0.25) is 5.54 Å². The van der Waals surface area contributed by atoms with Gasteiger partial charge in [-0.05, 0) is 43.0 Å². The van der Waals surface area contributed by atoms with Crippen LogP contribution in [0.4, 0.5) is 4.79 Å². The number of carboxylic acid groups (broad SMARTS) is 1. The highest BCUT2D eigenvalue weighted by Gasteiger charge is 2.51. The van der Waals surface area contributed by atoms with Gasteiger partial charge in [-0.25, -0.2) is 19.4 Å². The Morgan fingerprint density at radius 3 is 2.14 bits per heavy atom. The van der Waals surface area contributed by atoms with E-state index in [1.807, 2.05) is 48.5 Å². The van der Waals surface area contributed by atoms with Crippen molar-refractivity contribution in [2.45, 2.75) is 44.2 Å². The third-order valence-electron chi connectivity index (χ3n) is 5.77. The Balaban J connectivity index is 1.62. The van der Waals surface area contributed by atoms with E-state index in [1.54, 1.807) is 20.8 Å². The third kappa shape index (κ3) is 4.89. The Morgan fingerprint density at radius 1 is 1.03 bits per heavy atom. The molecule has 9 nitrogen and oxygen atoms in total. The second-order valence-electron chi connectivity index (χ2n) is 9.40. The van der Waals surface area contributed by atoms with Gasteiger partial charge in [-0.2, -0.15) is 0 Å². The van der Waals surface area contributed by atoms with Gasteiger partial charge >= 0.3 is 18.0 Å². The summed E-state index contributed by atoms with van der Waals surface area (Å²) in [5, 5.41) is 12.4. The van der Waals surface area contributed by atoms with Crippen molar-refractivity contribution in [2.75, 3.05) is 6.61 Å². The average molecular weight is 478 g/mol. The van der Waals surface area contributed by atoms with Gasteiger partial charge in [-0.1, -0.05) is 48.5 Å². The number of benzene rings is 2. The van der Waals surface area contributed by atoms with E-state index in [0.717, 1.165) is 22.3 Å². The van der Waals surface area contributed by atoms with Crippen molar-refractivity contribution in [1.29, 1.82) is 0 Å². The lowest BCUT2D eigenvalue weighted by molar-refractivity contribution is -0.163. The molecule has 0 aliphatic heterocycles. The minimum absolute atomic E-state index is 0.0988. The molecule has 0 saturated carbocycles. The number of carbonyl (C=O) groups excluding carboxylic acids is 2. The number of amides is 1. The second kappa shape index (κ2) is 9.25. The molecule has 1 aliphatic rings. The van der Waals surface area contributed by atoms with E-state index in [-0.39, 0.29) is 18.2 Å². The first-order chi connectivity index (χ1) is 16.6. The van der Waals surface area contributed by atoms with Crippen molar-refractivity contribution in [2.24, 2.45) is 0 Å². The number of nitrogens with one attached hydrogen (secondary N) is 2. The van der Waals surface area contributed by atoms with Crippen LogP contribution in [0.25, 0.3) is 11.1 Å². The molecule has 1 amide bonds. The molecule has 1 aliphatic carbocycles. The molecule has 3 N–H and O–H groups in total. The van der Waals surface area contributed by atoms with Gasteiger partial charge in [0.15, 0.2) is 0 Å². The van der Waals surface area contributed by atoms with Crippen molar-refractivity contribution in [1.82, 2.24) is 15.3 Å². The number of aromatic nitrogens is 2. The van der Waals surface area contributed by atoms with Gasteiger partial charge in [0.1, 0.15) is 12.2 Å². The van der Waals surface area contributed by atoms with Crippen LogP contribution in [0.15, 0.2) is 61.1 Å². The van der Waals surface area contributed by atoms with E-state index in [1.165, 1.54) is 12.5 Å². The van der Waals surface area contributed by atoms with Crippen LogP contribution in [-0.4, -0.2) is 50.9 Å². The van der Waals surface area contributed by atoms with E-state index in [4.69, 9.17) is 9.47 Å². The lowest BCUT2D eigenvalue weighted by Gasteiger charge is -2.30. The Bertz CT molecular complexity index is 1200. The predicted molar refractivity (Wildman–Crippen MR) is 127 cm³/mol. The van der Waals surface area contributed by atoms with Gasteiger partial charge in [-0.15, -0.1) is 0 Å². The number of alkyl carbamates (subject to hydrolysis) is 1. The van der Waals surface area contributed by atoms with E-state index < -0.39 is 35.6 Å².